The van der Waals surface area contributed by atoms with E-state index in [-0.39, 0.29) is 11.8 Å². The summed E-state index contributed by atoms with van der Waals surface area (Å²) in [5.74, 6) is 0.881. The van der Waals surface area contributed by atoms with Gasteiger partial charge in [0.1, 0.15) is 5.75 Å². The molecule has 1 N–H and O–H groups in total. The number of carbonyl (C=O) groups is 2. The number of ether oxygens (including phenoxy) is 1. The lowest BCUT2D eigenvalue weighted by atomic mass is 10.1. The van der Waals surface area contributed by atoms with Gasteiger partial charge >= 0.3 is 0 Å². The van der Waals surface area contributed by atoms with Crippen molar-refractivity contribution in [3.8, 4) is 5.75 Å². The fourth-order valence-corrected chi connectivity index (χ4v) is 3.73. The van der Waals surface area contributed by atoms with Crippen LogP contribution in [0.2, 0.25) is 5.02 Å². The lowest BCUT2D eigenvalue weighted by Gasteiger charge is -2.34. The highest BCUT2D eigenvalue weighted by molar-refractivity contribution is 6.30. The lowest BCUT2D eigenvalue weighted by Crippen LogP contribution is -2.50. The molecular weight excluding hydrogens is 414 g/mol. The number of rotatable bonds is 9. The van der Waals surface area contributed by atoms with Crippen LogP contribution in [-0.4, -0.2) is 60.9 Å². The van der Waals surface area contributed by atoms with Crippen LogP contribution < -0.4 is 10.1 Å². The Bertz CT molecular complexity index is 865. The molecule has 0 saturated carbocycles. The Kier molecular flexibility index (Phi) is 8.74. The smallest absolute Gasteiger partial charge is 0.238 e. The Morgan fingerprint density at radius 3 is 2.45 bits per heavy atom. The van der Waals surface area contributed by atoms with Crippen LogP contribution in [0.25, 0.3) is 0 Å². The zero-order valence-electron chi connectivity index (χ0n) is 18.0. The molecule has 0 aromatic heterocycles. The fraction of sp³-hybridized carbons (Fsp3) is 0.417. The SMILES string of the molecule is CCc1ccccc1NC(=O)CN1CCN(C(=O)CCCOc2ccc(Cl)cc2)CC1. The van der Waals surface area contributed by atoms with Crippen LogP contribution in [0, 0.1) is 0 Å². The van der Waals surface area contributed by atoms with E-state index in [0.29, 0.717) is 57.2 Å². The Balaban J connectivity index is 1.33. The van der Waals surface area contributed by atoms with Gasteiger partial charge in [-0.3, -0.25) is 14.5 Å². The number of benzene rings is 2. The highest BCUT2D eigenvalue weighted by atomic mass is 35.5. The molecule has 7 heteroatoms. The molecule has 0 bridgehead atoms. The summed E-state index contributed by atoms with van der Waals surface area (Å²) in [7, 11) is 0. The van der Waals surface area contributed by atoms with Crippen molar-refractivity contribution in [2.24, 2.45) is 0 Å². The highest BCUT2D eigenvalue weighted by Crippen LogP contribution is 2.17. The Morgan fingerprint density at radius 1 is 1.03 bits per heavy atom. The van der Waals surface area contributed by atoms with E-state index in [1.807, 2.05) is 41.3 Å². The maximum atomic E-state index is 12.4. The molecule has 2 aromatic carbocycles. The third-order valence-corrected chi connectivity index (χ3v) is 5.63. The molecule has 0 radical (unpaired) electrons. The van der Waals surface area contributed by atoms with Crippen LogP contribution in [0.5, 0.6) is 5.75 Å². The summed E-state index contributed by atoms with van der Waals surface area (Å²) in [6, 6.07) is 15.1. The van der Waals surface area contributed by atoms with Crippen molar-refractivity contribution in [2.75, 3.05) is 44.6 Å². The number of nitrogens with zero attached hydrogens (tertiary/aromatic N) is 2. The van der Waals surface area contributed by atoms with Gasteiger partial charge < -0.3 is 15.0 Å². The first-order chi connectivity index (χ1) is 15.0. The van der Waals surface area contributed by atoms with Crippen LogP contribution in [0.1, 0.15) is 25.3 Å². The molecule has 0 unspecified atom stereocenters. The molecular formula is C24H30ClN3O3. The van der Waals surface area contributed by atoms with Crippen molar-refractivity contribution in [1.29, 1.82) is 0 Å². The van der Waals surface area contributed by atoms with Gasteiger partial charge in [-0.1, -0.05) is 36.7 Å². The fourth-order valence-electron chi connectivity index (χ4n) is 3.60. The number of carbonyl (C=O) groups excluding carboxylic acids is 2. The number of para-hydroxylation sites is 1. The van der Waals surface area contributed by atoms with Gasteiger partial charge in [0, 0.05) is 43.3 Å². The minimum Gasteiger partial charge on any atom is -0.494 e. The van der Waals surface area contributed by atoms with Crippen molar-refractivity contribution < 1.29 is 14.3 Å². The second kappa shape index (κ2) is 11.7. The second-order valence-electron chi connectivity index (χ2n) is 7.62. The van der Waals surface area contributed by atoms with E-state index in [9.17, 15) is 9.59 Å². The molecule has 3 rings (SSSR count). The van der Waals surface area contributed by atoms with E-state index in [4.69, 9.17) is 16.3 Å². The molecule has 6 nitrogen and oxygen atoms in total. The standard InChI is InChI=1S/C24H30ClN3O3/c1-2-19-6-3-4-7-22(19)26-23(29)18-27-13-15-28(16-14-27)24(30)8-5-17-31-21-11-9-20(25)10-12-21/h3-4,6-7,9-12H,2,5,8,13-18H2,1H3,(H,26,29). The van der Waals surface area contributed by atoms with Crippen molar-refractivity contribution in [3.63, 3.8) is 0 Å². The molecule has 1 aliphatic heterocycles. The number of hydrogen-bond donors (Lipinski definition) is 1. The van der Waals surface area contributed by atoms with Crippen molar-refractivity contribution in [3.05, 3.63) is 59.1 Å². The van der Waals surface area contributed by atoms with Crippen molar-refractivity contribution >= 4 is 29.1 Å². The van der Waals surface area contributed by atoms with E-state index in [0.717, 1.165) is 23.4 Å². The number of nitrogens with one attached hydrogen (secondary N) is 1. The largest absolute Gasteiger partial charge is 0.494 e. The van der Waals surface area contributed by atoms with Gasteiger partial charge in [-0.15, -0.1) is 0 Å². The van der Waals surface area contributed by atoms with Crippen molar-refractivity contribution in [2.45, 2.75) is 26.2 Å². The quantitative estimate of drug-likeness (QED) is 0.598. The first-order valence-corrected chi connectivity index (χ1v) is 11.2. The predicted molar refractivity (Wildman–Crippen MR) is 124 cm³/mol. The van der Waals surface area contributed by atoms with E-state index in [1.54, 1.807) is 12.1 Å². The molecule has 1 aliphatic rings. The lowest BCUT2D eigenvalue weighted by molar-refractivity contribution is -0.133. The minimum absolute atomic E-state index is 0.0139. The topological polar surface area (TPSA) is 61.9 Å². The molecule has 0 atom stereocenters. The zero-order valence-corrected chi connectivity index (χ0v) is 18.7. The molecule has 166 valence electrons. The van der Waals surface area contributed by atoms with Crippen molar-refractivity contribution in [1.82, 2.24) is 9.80 Å². The number of piperazine rings is 1. The van der Waals surface area contributed by atoms with Crippen LogP contribution in [0.15, 0.2) is 48.5 Å². The third-order valence-electron chi connectivity index (χ3n) is 5.38. The van der Waals surface area contributed by atoms with E-state index >= 15 is 0 Å². The maximum absolute atomic E-state index is 12.4. The zero-order chi connectivity index (χ0) is 22.1. The first kappa shape index (κ1) is 23.1. The molecule has 2 amide bonds. The Hall–Kier alpha value is -2.57. The van der Waals surface area contributed by atoms with Gasteiger partial charge in [-0.25, -0.2) is 0 Å². The van der Waals surface area contributed by atoms with Crippen LogP contribution in [-0.2, 0) is 16.0 Å². The Labute approximate surface area is 189 Å². The van der Waals surface area contributed by atoms with Gasteiger partial charge in [-0.05, 0) is 48.7 Å². The minimum atomic E-state index is -0.0139. The summed E-state index contributed by atoms with van der Waals surface area (Å²) >= 11 is 5.86. The summed E-state index contributed by atoms with van der Waals surface area (Å²) in [5.41, 5.74) is 2.01. The number of halogens is 1. The van der Waals surface area contributed by atoms with E-state index in [2.05, 4.69) is 17.1 Å². The number of amides is 2. The van der Waals surface area contributed by atoms with Crippen LogP contribution in [0.4, 0.5) is 5.69 Å². The number of hydrogen-bond acceptors (Lipinski definition) is 4. The summed E-state index contributed by atoms with van der Waals surface area (Å²) in [5, 5.41) is 3.68. The third kappa shape index (κ3) is 7.26. The monoisotopic (exact) mass is 443 g/mol. The molecule has 0 aliphatic carbocycles. The molecule has 1 fully saturated rings. The van der Waals surface area contributed by atoms with Crippen LogP contribution in [0.3, 0.4) is 0 Å². The van der Waals surface area contributed by atoms with Gasteiger partial charge in [0.05, 0.1) is 13.2 Å². The molecule has 31 heavy (non-hydrogen) atoms. The summed E-state index contributed by atoms with van der Waals surface area (Å²) in [6.07, 6.45) is 2.00. The van der Waals surface area contributed by atoms with Gasteiger partial charge in [-0.2, -0.15) is 0 Å². The molecule has 2 aromatic rings. The molecule has 1 heterocycles. The average molecular weight is 444 g/mol. The maximum Gasteiger partial charge on any atom is 0.238 e. The second-order valence-corrected chi connectivity index (χ2v) is 8.06. The van der Waals surface area contributed by atoms with Crippen LogP contribution >= 0.6 is 11.6 Å². The summed E-state index contributed by atoms with van der Waals surface area (Å²) in [4.78, 5) is 28.8. The van der Waals surface area contributed by atoms with Gasteiger partial charge in [0.25, 0.3) is 0 Å². The van der Waals surface area contributed by atoms with E-state index < -0.39 is 0 Å². The normalized spacial score (nSPS) is 14.3. The van der Waals surface area contributed by atoms with E-state index in [1.165, 1.54) is 0 Å². The average Bonchev–Trinajstić information content (AvgIpc) is 2.78. The number of aryl methyl sites for hydroxylation is 1. The highest BCUT2D eigenvalue weighted by Gasteiger charge is 2.22. The first-order valence-electron chi connectivity index (χ1n) is 10.8. The number of anilines is 1. The Morgan fingerprint density at radius 2 is 1.74 bits per heavy atom. The van der Waals surface area contributed by atoms with Gasteiger partial charge in [0.2, 0.25) is 11.8 Å². The molecule has 0 spiro atoms. The summed E-state index contributed by atoms with van der Waals surface area (Å²) < 4.78 is 5.64. The summed E-state index contributed by atoms with van der Waals surface area (Å²) in [6.45, 7) is 5.61. The van der Waals surface area contributed by atoms with Gasteiger partial charge in [0.15, 0.2) is 0 Å². The predicted octanol–water partition coefficient (Wildman–Crippen LogP) is 3.84. The molecule has 1 saturated heterocycles.